The van der Waals surface area contributed by atoms with Crippen molar-refractivity contribution in [2.24, 2.45) is 0 Å². The fourth-order valence-corrected chi connectivity index (χ4v) is 10.4. The Morgan fingerprint density at radius 2 is 1.88 bits per heavy atom. The van der Waals surface area contributed by atoms with Gasteiger partial charge >= 0.3 is 216 Å². The van der Waals surface area contributed by atoms with Crippen molar-refractivity contribution >= 4 is 60.8 Å². The van der Waals surface area contributed by atoms with Gasteiger partial charge in [-0.1, -0.05) is 35.3 Å². The van der Waals surface area contributed by atoms with E-state index in [-0.39, 0.29) is 46.1 Å². The van der Waals surface area contributed by atoms with Gasteiger partial charge < -0.3 is 4.74 Å². The first-order valence-corrected chi connectivity index (χ1v) is 22.6. The van der Waals surface area contributed by atoms with Crippen molar-refractivity contribution in [1.82, 2.24) is 25.1 Å². The SMILES string of the molecule is Cc1cc(N(CCCCC[I-][N+](C)(C)CCCO)c2nc(C(=O)[O-])c(CCCOc3ccc(C#CCN(C)C)cc3F)s2)nnc1Nc1nc2ccccc2s1. The Bertz CT molecular complexity index is 2100. The zero-order chi connectivity index (χ0) is 40.1. The number of carbonyl (C=O) groups excluding carboxylic acids is 1. The number of aliphatic hydroxyl groups is 1. The summed E-state index contributed by atoms with van der Waals surface area (Å²) in [6.45, 7) is 4.46. The number of carboxylic acid groups (broad SMARTS) is 1. The van der Waals surface area contributed by atoms with E-state index in [4.69, 9.17) is 4.74 Å². The molecule has 0 aliphatic carbocycles. The van der Waals surface area contributed by atoms with Crippen molar-refractivity contribution in [3.8, 4) is 17.6 Å². The Kier molecular flexibility index (Phi) is 16.1. The van der Waals surface area contributed by atoms with Gasteiger partial charge in [0.25, 0.3) is 0 Å². The molecule has 0 radical (unpaired) electrons. The van der Waals surface area contributed by atoms with Crippen LogP contribution in [0.1, 0.15) is 58.6 Å². The maximum absolute atomic E-state index is 14.8. The van der Waals surface area contributed by atoms with Gasteiger partial charge in [-0.05, 0) is 44.4 Å². The van der Waals surface area contributed by atoms with E-state index in [2.05, 4.69) is 51.4 Å². The molecule has 3 heterocycles. The van der Waals surface area contributed by atoms with Gasteiger partial charge in [-0.15, -0.1) is 0 Å². The number of anilines is 4. The van der Waals surface area contributed by atoms with Gasteiger partial charge in [0.1, 0.15) is 0 Å². The first kappa shape index (κ1) is 43.1. The third-order valence-corrected chi connectivity index (χ3v) is 14.2. The second-order valence-electron chi connectivity index (χ2n) is 13.9. The van der Waals surface area contributed by atoms with Crippen LogP contribution < -0.4 is 41.5 Å². The van der Waals surface area contributed by atoms with Crippen LogP contribution in [0.3, 0.4) is 0 Å². The Morgan fingerprint density at radius 3 is 2.61 bits per heavy atom. The fourth-order valence-electron chi connectivity index (χ4n) is 5.59. The van der Waals surface area contributed by atoms with Crippen LogP contribution >= 0.6 is 22.7 Å². The summed E-state index contributed by atoms with van der Waals surface area (Å²) in [5.74, 6) is 5.33. The molecule has 5 rings (SSSR count). The van der Waals surface area contributed by atoms with Crippen molar-refractivity contribution in [3.63, 3.8) is 0 Å². The third-order valence-electron chi connectivity index (χ3n) is 8.51. The number of aliphatic hydroxyl groups excluding tert-OH is 1. The molecule has 2 N–H and O–H groups in total. The number of carbonyl (C=O) groups is 1. The van der Waals surface area contributed by atoms with Crippen LogP contribution in [0.25, 0.3) is 10.2 Å². The molecule has 0 spiro atoms. The Morgan fingerprint density at radius 1 is 1.05 bits per heavy atom. The summed E-state index contributed by atoms with van der Waals surface area (Å²) in [5.41, 5.74) is 2.20. The van der Waals surface area contributed by atoms with Crippen LogP contribution in [0.15, 0.2) is 48.5 Å². The van der Waals surface area contributed by atoms with Gasteiger partial charge in [-0.3, -0.25) is 4.90 Å². The van der Waals surface area contributed by atoms with E-state index in [0.29, 0.717) is 58.3 Å². The van der Waals surface area contributed by atoms with Crippen LogP contribution in [0.2, 0.25) is 0 Å². The van der Waals surface area contributed by atoms with E-state index in [1.54, 1.807) is 12.1 Å². The number of hydrogen-bond acceptors (Lipinski definition) is 13. The molecule has 12 nitrogen and oxygen atoms in total. The maximum atomic E-state index is 14.8. The van der Waals surface area contributed by atoms with Crippen LogP contribution in [-0.4, -0.2) is 104 Å². The predicted octanol–water partition coefficient (Wildman–Crippen LogP) is 2.79. The number of hydrogen-bond donors (Lipinski definition) is 2. The second kappa shape index (κ2) is 21.0. The minimum atomic E-state index is -1.36. The standard InChI is InChI=1S/C40H50FIN8O4S2/c1-28-26-35(46-47-37(28)45-39-43-31-15-7-8-16-33(31)55-39)49(22-10-6-9-20-42-50(4,5)23-13-24-51)40-44-36(38(52)53)34(56-40)17-12-25-54-32-19-18-29(27-30(32)41)14-11-21-48(2)3/h7-8,15-16,18-19,26-27,51H,6,9-10,12-13,17,20-25H2,1-5H3,(H,52,53)(H,43,45,47)/p-1. The van der Waals surface area contributed by atoms with Crippen molar-refractivity contribution in [2.45, 2.75) is 45.4 Å². The molecular weight excluding hydrogens is 867 g/mol. The number of halogens is 2. The molecule has 0 aliphatic heterocycles. The predicted molar refractivity (Wildman–Crippen MR) is 216 cm³/mol. The zero-order valence-corrected chi connectivity index (χ0v) is 36.3. The molecule has 0 saturated heterocycles. The van der Waals surface area contributed by atoms with Gasteiger partial charge in [-0.25, -0.2) is 9.37 Å². The molecule has 300 valence electrons. The molecule has 16 heteroatoms. The first-order chi connectivity index (χ1) is 26.9. The summed E-state index contributed by atoms with van der Waals surface area (Å²) in [4.78, 5) is 26.0. The van der Waals surface area contributed by atoms with E-state index >= 15 is 0 Å². The Hall–Kier alpha value is -3.99. The number of nitrogens with zero attached hydrogens (tertiary/aromatic N) is 7. The smallest absolute Gasteiger partial charge is 0.220 e. The minimum Gasteiger partial charge on any atom is -0.220 e. The number of unbranched alkanes of at least 4 members (excludes halogenated alkanes) is 2. The molecule has 56 heavy (non-hydrogen) atoms. The molecule has 0 atom stereocenters. The molecule has 3 aromatic heterocycles. The topological polar surface area (TPSA) is 140 Å². The zero-order valence-electron chi connectivity index (χ0n) is 32.5. The molecular formula is C40H49FIN8O4S2-. The number of ether oxygens (including phenoxy) is 1. The van der Waals surface area contributed by atoms with Gasteiger partial charge in [0.05, 0.1) is 16.8 Å². The van der Waals surface area contributed by atoms with Crippen LogP contribution in [-0.2, 0) is 6.42 Å². The summed E-state index contributed by atoms with van der Waals surface area (Å²) in [5, 5.41) is 35.2. The van der Waals surface area contributed by atoms with E-state index in [0.717, 1.165) is 50.7 Å². The minimum absolute atomic E-state index is 0.0750. The van der Waals surface area contributed by atoms with Crippen LogP contribution in [0.5, 0.6) is 5.75 Å². The Balaban J connectivity index is 1.28. The number of fused-ring (bicyclic) bond motifs is 1. The number of benzene rings is 2. The number of para-hydroxylation sites is 1. The molecule has 0 amide bonds. The fraction of sp³-hybridized carbons (Fsp3) is 0.425. The Labute approximate surface area is 347 Å². The van der Waals surface area contributed by atoms with Gasteiger partial charge in [0.15, 0.2) is 11.6 Å². The van der Waals surface area contributed by atoms with Crippen molar-refractivity contribution in [2.75, 3.05) is 75.7 Å². The van der Waals surface area contributed by atoms with Crippen LogP contribution in [0.4, 0.5) is 26.3 Å². The van der Waals surface area contributed by atoms with Crippen molar-refractivity contribution < 1.29 is 48.3 Å². The van der Waals surface area contributed by atoms with Crippen LogP contribution in [0, 0.1) is 24.6 Å². The molecule has 0 aliphatic rings. The summed E-state index contributed by atoms with van der Waals surface area (Å²) < 4.78 is 23.7. The third kappa shape index (κ3) is 12.8. The molecule has 0 bridgehead atoms. The average Bonchev–Trinajstić information content (AvgIpc) is 3.78. The van der Waals surface area contributed by atoms with E-state index < -0.39 is 11.8 Å². The number of aryl methyl sites for hydroxylation is 2. The van der Waals surface area contributed by atoms with Gasteiger partial charge in [-0.2, -0.15) is 0 Å². The summed E-state index contributed by atoms with van der Waals surface area (Å²) in [6.07, 6.45) is 4.52. The molecule has 2 aromatic carbocycles. The molecule has 5 aromatic rings. The number of quaternary nitrogens is 1. The summed E-state index contributed by atoms with van der Waals surface area (Å²) >= 11 is 2.74. The van der Waals surface area contributed by atoms with E-state index in [1.165, 1.54) is 33.2 Å². The quantitative estimate of drug-likeness (QED) is 0.0370. The summed E-state index contributed by atoms with van der Waals surface area (Å²) in [6, 6.07) is 14.5. The molecule has 0 unspecified atom stereocenters. The van der Waals surface area contributed by atoms with Gasteiger partial charge in [0.2, 0.25) is 0 Å². The first-order valence-electron chi connectivity index (χ1n) is 18.5. The monoisotopic (exact) mass is 915 g/mol. The number of aromatic nitrogens is 4. The molecule has 0 saturated carbocycles. The van der Waals surface area contributed by atoms with E-state index in [9.17, 15) is 19.4 Å². The number of alkyl halides is 1. The number of aromatic carboxylic acids is 1. The summed E-state index contributed by atoms with van der Waals surface area (Å²) in [7, 11) is 8.31. The number of rotatable bonds is 21. The van der Waals surface area contributed by atoms with Crippen molar-refractivity contribution in [3.05, 3.63) is 76.0 Å². The van der Waals surface area contributed by atoms with E-state index in [1.807, 2.05) is 61.2 Å². The number of nitrogens with one attached hydrogen (secondary N) is 1. The number of carboxylic acids is 1. The molecule has 0 fully saturated rings. The van der Waals surface area contributed by atoms with Crippen molar-refractivity contribution in [1.29, 1.82) is 0 Å². The number of thiazole rings is 2. The normalized spacial score (nSPS) is 11.6. The van der Waals surface area contributed by atoms with Gasteiger partial charge in [0, 0.05) is 5.56 Å². The average molecular weight is 916 g/mol. The second-order valence-corrected chi connectivity index (χ2v) is 20.4.